The SMILES string of the molecule is O=C(O)[C@@H]1C[C@@H](Cc2ccccc2)C(c2ccccc2)N1C(=O)c1ccc(-c2ccccc2)cc1. The molecule has 1 amide bonds. The number of benzene rings is 4. The molecule has 35 heavy (non-hydrogen) atoms. The molecule has 1 N–H and O–H groups in total. The number of hydrogen-bond donors (Lipinski definition) is 1. The first-order valence-electron chi connectivity index (χ1n) is 11.9. The topological polar surface area (TPSA) is 57.6 Å². The fourth-order valence-electron chi connectivity index (χ4n) is 5.22. The normalized spacial score (nSPS) is 19.4. The summed E-state index contributed by atoms with van der Waals surface area (Å²) in [7, 11) is 0. The van der Waals surface area contributed by atoms with Crippen molar-refractivity contribution in [2.45, 2.75) is 24.9 Å². The molecule has 0 saturated carbocycles. The highest BCUT2D eigenvalue weighted by atomic mass is 16.4. The van der Waals surface area contributed by atoms with Gasteiger partial charge in [0.2, 0.25) is 0 Å². The number of nitrogens with zero attached hydrogens (tertiary/aromatic N) is 1. The molecule has 4 nitrogen and oxygen atoms in total. The van der Waals surface area contributed by atoms with Crippen molar-refractivity contribution in [1.29, 1.82) is 0 Å². The predicted molar refractivity (Wildman–Crippen MR) is 137 cm³/mol. The predicted octanol–water partition coefficient (Wildman–Crippen LogP) is 6.25. The average molecular weight is 462 g/mol. The smallest absolute Gasteiger partial charge is 0.326 e. The van der Waals surface area contributed by atoms with Crippen LogP contribution in [0.25, 0.3) is 11.1 Å². The van der Waals surface area contributed by atoms with Crippen molar-refractivity contribution in [3.05, 3.63) is 132 Å². The van der Waals surface area contributed by atoms with Crippen LogP contribution in [0.5, 0.6) is 0 Å². The quantitative estimate of drug-likeness (QED) is 0.369. The standard InChI is InChI=1S/C31H27NO3/c33-30(26-18-16-24(17-19-26)23-12-6-2-7-13-23)32-28(31(34)35)21-27(20-22-10-4-1-5-11-22)29(32)25-14-8-3-9-15-25/h1-19,27-29H,20-21H2,(H,34,35)/t27-,28+,29?/m1/s1. The van der Waals surface area contributed by atoms with E-state index in [9.17, 15) is 14.7 Å². The highest BCUT2D eigenvalue weighted by Gasteiger charge is 2.47. The molecule has 0 radical (unpaired) electrons. The van der Waals surface area contributed by atoms with Gasteiger partial charge >= 0.3 is 5.97 Å². The third kappa shape index (κ3) is 4.73. The summed E-state index contributed by atoms with van der Waals surface area (Å²) < 4.78 is 0. The van der Waals surface area contributed by atoms with Gasteiger partial charge in [-0.05, 0) is 53.1 Å². The number of carbonyl (C=O) groups excluding carboxylic acids is 1. The molecule has 3 atom stereocenters. The van der Waals surface area contributed by atoms with Gasteiger partial charge in [0.1, 0.15) is 6.04 Å². The third-order valence-corrected chi connectivity index (χ3v) is 6.85. The van der Waals surface area contributed by atoms with Crippen molar-refractivity contribution >= 4 is 11.9 Å². The second-order valence-corrected chi connectivity index (χ2v) is 9.05. The van der Waals surface area contributed by atoms with Gasteiger partial charge in [-0.25, -0.2) is 4.79 Å². The summed E-state index contributed by atoms with van der Waals surface area (Å²) in [6.07, 6.45) is 1.12. The molecule has 4 heteroatoms. The van der Waals surface area contributed by atoms with Crippen LogP contribution in [-0.4, -0.2) is 27.9 Å². The largest absolute Gasteiger partial charge is 0.480 e. The maximum atomic E-state index is 13.9. The number of carboxylic acids is 1. The first-order valence-corrected chi connectivity index (χ1v) is 11.9. The Hall–Kier alpha value is -4.18. The Balaban J connectivity index is 1.51. The van der Waals surface area contributed by atoms with E-state index in [1.165, 1.54) is 0 Å². The fraction of sp³-hybridized carbons (Fsp3) is 0.161. The molecule has 1 aliphatic rings. The molecule has 174 valence electrons. The van der Waals surface area contributed by atoms with Crippen molar-refractivity contribution < 1.29 is 14.7 Å². The zero-order valence-corrected chi connectivity index (χ0v) is 19.3. The van der Waals surface area contributed by atoms with E-state index in [0.29, 0.717) is 18.4 Å². The first-order chi connectivity index (χ1) is 17.1. The van der Waals surface area contributed by atoms with Crippen LogP contribution < -0.4 is 0 Å². The maximum absolute atomic E-state index is 13.9. The van der Waals surface area contributed by atoms with Crippen LogP contribution in [0.4, 0.5) is 0 Å². The summed E-state index contributed by atoms with van der Waals surface area (Å²) >= 11 is 0. The van der Waals surface area contributed by atoms with Gasteiger partial charge in [-0.2, -0.15) is 0 Å². The molecule has 5 rings (SSSR count). The Kier molecular flexibility index (Phi) is 6.44. The minimum atomic E-state index is -0.962. The lowest BCUT2D eigenvalue weighted by molar-refractivity contribution is -0.141. The summed E-state index contributed by atoms with van der Waals surface area (Å²) in [5, 5.41) is 10.1. The van der Waals surface area contributed by atoms with Gasteiger partial charge < -0.3 is 10.0 Å². The second-order valence-electron chi connectivity index (χ2n) is 9.05. The van der Waals surface area contributed by atoms with E-state index in [-0.39, 0.29) is 17.9 Å². The Morgan fingerprint density at radius 2 is 1.26 bits per heavy atom. The van der Waals surface area contributed by atoms with E-state index >= 15 is 0 Å². The highest BCUT2D eigenvalue weighted by molar-refractivity contribution is 5.97. The molecule has 0 spiro atoms. The summed E-state index contributed by atoms with van der Waals surface area (Å²) in [6.45, 7) is 0. The van der Waals surface area contributed by atoms with Crippen molar-refractivity contribution in [1.82, 2.24) is 4.90 Å². The zero-order chi connectivity index (χ0) is 24.2. The summed E-state index contributed by atoms with van der Waals surface area (Å²) in [5.41, 5.74) is 4.69. The van der Waals surface area contributed by atoms with E-state index in [1.54, 1.807) is 17.0 Å². The van der Waals surface area contributed by atoms with Gasteiger partial charge in [-0.15, -0.1) is 0 Å². The van der Waals surface area contributed by atoms with Crippen molar-refractivity contribution in [2.24, 2.45) is 5.92 Å². The van der Waals surface area contributed by atoms with E-state index in [4.69, 9.17) is 0 Å². The van der Waals surface area contributed by atoms with Crippen LogP contribution in [0.1, 0.15) is 33.9 Å². The first kappa shape index (κ1) is 22.6. The number of aliphatic carboxylic acids is 1. The summed E-state index contributed by atoms with van der Waals surface area (Å²) in [4.78, 5) is 27.8. The second kappa shape index (κ2) is 9.98. The molecule has 1 heterocycles. The number of hydrogen-bond acceptors (Lipinski definition) is 2. The van der Waals surface area contributed by atoms with Crippen molar-refractivity contribution in [2.75, 3.05) is 0 Å². The summed E-state index contributed by atoms with van der Waals surface area (Å²) in [6, 6.07) is 36.1. The van der Waals surface area contributed by atoms with Crippen LogP contribution in [0.2, 0.25) is 0 Å². The lowest BCUT2D eigenvalue weighted by atomic mass is 9.87. The number of likely N-dealkylation sites (tertiary alicyclic amines) is 1. The molecule has 4 aromatic carbocycles. The minimum Gasteiger partial charge on any atom is -0.480 e. The van der Waals surface area contributed by atoms with Crippen molar-refractivity contribution in [3.63, 3.8) is 0 Å². The molecule has 1 unspecified atom stereocenters. The third-order valence-electron chi connectivity index (χ3n) is 6.85. The van der Waals surface area contributed by atoms with Crippen LogP contribution in [0.3, 0.4) is 0 Å². The zero-order valence-electron chi connectivity index (χ0n) is 19.3. The number of rotatable bonds is 6. The fourth-order valence-corrected chi connectivity index (χ4v) is 5.22. The van der Waals surface area contributed by atoms with Gasteiger partial charge in [0.05, 0.1) is 6.04 Å². The lowest BCUT2D eigenvalue weighted by Gasteiger charge is -2.31. The molecule has 1 fully saturated rings. The molecule has 4 aromatic rings. The van der Waals surface area contributed by atoms with Crippen LogP contribution >= 0.6 is 0 Å². The maximum Gasteiger partial charge on any atom is 0.326 e. The molecule has 0 aromatic heterocycles. The highest BCUT2D eigenvalue weighted by Crippen LogP contribution is 2.43. The molecule has 1 aliphatic heterocycles. The number of carbonyl (C=O) groups is 2. The molecule has 0 bridgehead atoms. The molecule has 0 aliphatic carbocycles. The van der Waals surface area contributed by atoms with Crippen molar-refractivity contribution in [3.8, 4) is 11.1 Å². The van der Waals surface area contributed by atoms with E-state index in [0.717, 1.165) is 22.3 Å². The Morgan fingerprint density at radius 3 is 1.86 bits per heavy atom. The Morgan fingerprint density at radius 1 is 0.714 bits per heavy atom. The van der Waals surface area contributed by atoms with Crippen LogP contribution in [-0.2, 0) is 11.2 Å². The van der Waals surface area contributed by atoms with Gasteiger partial charge in [0, 0.05) is 5.56 Å². The van der Waals surface area contributed by atoms with Gasteiger partial charge in [-0.1, -0.05) is 103 Å². The monoisotopic (exact) mass is 461 g/mol. The van der Waals surface area contributed by atoms with E-state index in [1.807, 2.05) is 91.0 Å². The summed E-state index contributed by atoms with van der Waals surface area (Å²) in [5.74, 6) is -1.22. The van der Waals surface area contributed by atoms with Gasteiger partial charge in [0.25, 0.3) is 5.91 Å². The average Bonchev–Trinajstić information content (AvgIpc) is 3.29. The van der Waals surface area contributed by atoms with Gasteiger partial charge in [-0.3, -0.25) is 4.79 Å². The van der Waals surface area contributed by atoms with E-state index in [2.05, 4.69) is 12.1 Å². The minimum absolute atomic E-state index is 0.00607. The van der Waals surface area contributed by atoms with Crippen LogP contribution in [0.15, 0.2) is 115 Å². The van der Waals surface area contributed by atoms with E-state index < -0.39 is 12.0 Å². The molecule has 1 saturated heterocycles. The number of carboxylic acid groups (broad SMARTS) is 1. The molecular formula is C31H27NO3. The lowest BCUT2D eigenvalue weighted by Crippen LogP contribution is -2.42. The van der Waals surface area contributed by atoms with Crippen LogP contribution in [0, 0.1) is 5.92 Å². The Labute approximate surface area is 205 Å². The number of amides is 1. The van der Waals surface area contributed by atoms with Gasteiger partial charge in [0.15, 0.2) is 0 Å². The molecular weight excluding hydrogens is 434 g/mol. The Bertz CT molecular complexity index is 1290.